The molecule has 6 heteroatoms. The van der Waals surface area contributed by atoms with Crippen LogP contribution in [0.5, 0.6) is 5.75 Å². The van der Waals surface area contributed by atoms with Gasteiger partial charge in [0.1, 0.15) is 16.6 Å². The molecule has 0 aliphatic heterocycles. The zero-order valence-electron chi connectivity index (χ0n) is 11.2. The lowest BCUT2D eigenvalue weighted by molar-refractivity contribution is 0.0990. The molecular formula is C15H13FN2O2S. The number of phenolic OH excluding ortho intramolecular Hbond substituents is 1. The minimum absolute atomic E-state index is 0.0135. The van der Waals surface area contributed by atoms with Crippen LogP contribution in [-0.2, 0) is 0 Å². The molecule has 1 amide bonds. The maximum Gasteiger partial charge on any atom is 0.261 e. The first-order valence-corrected chi connectivity index (χ1v) is 6.47. The summed E-state index contributed by atoms with van der Waals surface area (Å²) < 4.78 is 13.0. The normalized spacial score (nSPS) is 10.2. The summed E-state index contributed by atoms with van der Waals surface area (Å²) in [5.74, 6) is -1.48. The Morgan fingerprint density at radius 2 is 2.00 bits per heavy atom. The second kappa shape index (κ2) is 5.88. The van der Waals surface area contributed by atoms with Gasteiger partial charge in [-0.25, -0.2) is 4.39 Å². The van der Waals surface area contributed by atoms with Gasteiger partial charge >= 0.3 is 0 Å². The summed E-state index contributed by atoms with van der Waals surface area (Å²) in [4.78, 5) is 13.9. The highest BCUT2D eigenvalue weighted by Crippen LogP contribution is 2.23. The first kappa shape index (κ1) is 14.9. The fourth-order valence-electron chi connectivity index (χ4n) is 1.85. The maximum atomic E-state index is 13.0. The Labute approximate surface area is 126 Å². The summed E-state index contributed by atoms with van der Waals surface area (Å²) in [6.45, 7) is 0. The molecule has 4 nitrogen and oxygen atoms in total. The van der Waals surface area contributed by atoms with Gasteiger partial charge in [0.25, 0.3) is 5.91 Å². The lowest BCUT2D eigenvalue weighted by atomic mass is 10.1. The average molecular weight is 304 g/mol. The van der Waals surface area contributed by atoms with Gasteiger partial charge in [0.05, 0.1) is 5.56 Å². The second-order valence-electron chi connectivity index (χ2n) is 4.44. The van der Waals surface area contributed by atoms with Crippen molar-refractivity contribution in [3.05, 3.63) is 59.4 Å². The van der Waals surface area contributed by atoms with E-state index in [-0.39, 0.29) is 10.6 Å². The van der Waals surface area contributed by atoms with Crippen molar-refractivity contribution < 1.29 is 14.3 Å². The van der Waals surface area contributed by atoms with Crippen molar-refractivity contribution in [1.29, 1.82) is 0 Å². The summed E-state index contributed by atoms with van der Waals surface area (Å²) in [6.07, 6.45) is 0. The van der Waals surface area contributed by atoms with Crippen molar-refractivity contribution in [2.45, 2.75) is 0 Å². The van der Waals surface area contributed by atoms with Gasteiger partial charge in [-0.15, -0.1) is 0 Å². The van der Waals surface area contributed by atoms with Gasteiger partial charge in [-0.2, -0.15) is 0 Å². The Morgan fingerprint density at radius 3 is 2.62 bits per heavy atom. The molecule has 2 aromatic rings. The van der Waals surface area contributed by atoms with E-state index in [2.05, 4.69) is 0 Å². The van der Waals surface area contributed by atoms with Crippen LogP contribution in [-0.4, -0.2) is 23.0 Å². The summed E-state index contributed by atoms with van der Waals surface area (Å²) in [5.41, 5.74) is 6.76. The third-order valence-electron chi connectivity index (χ3n) is 3.01. The molecule has 0 aliphatic carbocycles. The van der Waals surface area contributed by atoms with Crippen LogP contribution >= 0.6 is 12.2 Å². The molecule has 0 unspecified atom stereocenters. The van der Waals surface area contributed by atoms with E-state index in [9.17, 15) is 14.3 Å². The molecule has 0 radical (unpaired) electrons. The molecule has 0 heterocycles. The van der Waals surface area contributed by atoms with Gasteiger partial charge in [-0.05, 0) is 24.3 Å². The molecule has 0 aliphatic rings. The van der Waals surface area contributed by atoms with Crippen molar-refractivity contribution in [3.63, 3.8) is 0 Å². The van der Waals surface area contributed by atoms with Crippen LogP contribution in [0.3, 0.4) is 0 Å². The molecule has 0 spiro atoms. The number of benzene rings is 2. The minimum Gasteiger partial charge on any atom is -0.507 e. The van der Waals surface area contributed by atoms with E-state index in [1.54, 1.807) is 31.3 Å². The number of amides is 1. The Morgan fingerprint density at radius 1 is 1.29 bits per heavy atom. The van der Waals surface area contributed by atoms with Gasteiger partial charge < -0.3 is 15.7 Å². The summed E-state index contributed by atoms with van der Waals surface area (Å²) in [7, 11) is 1.55. The maximum absolute atomic E-state index is 13.0. The van der Waals surface area contributed by atoms with Crippen LogP contribution in [0.25, 0.3) is 0 Å². The smallest absolute Gasteiger partial charge is 0.261 e. The van der Waals surface area contributed by atoms with Gasteiger partial charge in [0, 0.05) is 24.4 Å². The van der Waals surface area contributed by atoms with E-state index in [1.807, 2.05) is 0 Å². The Hall–Kier alpha value is -2.47. The second-order valence-corrected chi connectivity index (χ2v) is 4.88. The zero-order valence-corrected chi connectivity index (χ0v) is 12.0. The largest absolute Gasteiger partial charge is 0.507 e. The molecule has 0 aromatic heterocycles. The summed E-state index contributed by atoms with van der Waals surface area (Å²) >= 11 is 4.90. The molecule has 2 rings (SSSR count). The number of phenols is 1. The fourth-order valence-corrected chi connectivity index (χ4v) is 1.98. The van der Waals surface area contributed by atoms with Gasteiger partial charge in [-0.3, -0.25) is 4.79 Å². The fraction of sp³-hybridized carbons (Fsp3) is 0.0667. The van der Waals surface area contributed by atoms with Crippen LogP contribution in [0.2, 0.25) is 0 Å². The third-order valence-corrected chi connectivity index (χ3v) is 3.25. The standard InChI is InChI=1S/C15H13FN2O2S/c1-18(11-4-2-3-9(7-11)14(17)21)15(20)12-6-5-10(16)8-13(12)19/h2-8,19H,1H3,(H2,17,21). The van der Waals surface area contributed by atoms with E-state index in [1.165, 1.54) is 11.0 Å². The molecule has 2 aromatic carbocycles. The number of anilines is 1. The highest BCUT2D eigenvalue weighted by molar-refractivity contribution is 7.80. The van der Waals surface area contributed by atoms with Crippen molar-refractivity contribution in [3.8, 4) is 5.75 Å². The van der Waals surface area contributed by atoms with Gasteiger partial charge in [-0.1, -0.05) is 24.4 Å². The SMILES string of the molecule is CN(C(=O)c1ccc(F)cc1O)c1cccc(C(N)=S)c1. The Bertz CT molecular complexity index is 719. The lowest BCUT2D eigenvalue weighted by Crippen LogP contribution is -2.26. The molecule has 108 valence electrons. The van der Waals surface area contributed by atoms with E-state index in [0.717, 1.165) is 12.1 Å². The number of thiocarbonyl (C=S) groups is 1. The van der Waals surface area contributed by atoms with E-state index < -0.39 is 17.5 Å². The average Bonchev–Trinajstić information content (AvgIpc) is 2.46. The molecule has 0 saturated carbocycles. The number of aromatic hydroxyl groups is 1. The van der Waals surface area contributed by atoms with Gasteiger partial charge in [0.15, 0.2) is 0 Å². The van der Waals surface area contributed by atoms with Crippen molar-refractivity contribution in [1.82, 2.24) is 0 Å². The third kappa shape index (κ3) is 3.17. The van der Waals surface area contributed by atoms with E-state index in [0.29, 0.717) is 11.3 Å². The van der Waals surface area contributed by atoms with Crippen LogP contribution < -0.4 is 10.6 Å². The highest BCUT2D eigenvalue weighted by Gasteiger charge is 2.18. The number of halogens is 1. The first-order chi connectivity index (χ1) is 9.90. The van der Waals surface area contributed by atoms with Crippen molar-refractivity contribution >= 4 is 28.8 Å². The number of hydrogen-bond acceptors (Lipinski definition) is 3. The topological polar surface area (TPSA) is 66.6 Å². The van der Waals surface area contributed by atoms with E-state index in [4.69, 9.17) is 18.0 Å². The Kier molecular flexibility index (Phi) is 4.18. The van der Waals surface area contributed by atoms with Crippen LogP contribution in [0.4, 0.5) is 10.1 Å². The monoisotopic (exact) mass is 304 g/mol. The lowest BCUT2D eigenvalue weighted by Gasteiger charge is -2.18. The predicted octanol–water partition coefficient (Wildman–Crippen LogP) is 2.44. The predicted molar refractivity (Wildman–Crippen MR) is 83.1 cm³/mol. The van der Waals surface area contributed by atoms with Crippen molar-refractivity contribution in [2.75, 3.05) is 11.9 Å². The highest BCUT2D eigenvalue weighted by atomic mass is 32.1. The number of carbonyl (C=O) groups is 1. The number of nitrogens with two attached hydrogens (primary N) is 1. The molecule has 0 atom stereocenters. The van der Waals surface area contributed by atoms with E-state index >= 15 is 0 Å². The Balaban J connectivity index is 2.35. The summed E-state index contributed by atoms with van der Waals surface area (Å²) in [5, 5.41) is 9.67. The van der Waals surface area contributed by atoms with Crippen LogP contribution in [0.15, 0.2) is 42.5 Å². The molecule has 3 N–H and O–H groups in total. The first-order valence-electron chi connectivity index (χ1n) is 6.06. The quantitative estimate of drug-likeness (QED) is 0.855. The molecule has 0 bridgehead atoms. The molecule has 0 fully saturated rings. The molecular weight excluding hydrogens is 291 g/mol. The molecule has 0 saturated heterocycles. The minimum atomic E-state index is -0.609. The zero-order chi connectivity index (χ0) is 15.6. The number of carbonyl (C=O) groups excluding carboxylic acids is 1. The van der Waals surface area contributed by atoms with Gasteiger partial charge in [0.2, 0.25) is 0 Å². The molecule has 21 heavy (non-hydrogen) atoms. The van der Waals surface area contributed by atoms with Crippen molar-refractivity contribution in [2.24, 2.45) is 5.73 Å². The number of hydrogen-bond donors (Lipinski definition) is 2. The van der Waals surface area contributed by atoms with Crippen LogP contribution in [0.1, 0.15) is 15.9 Å². The number of nitrogens with zero attached hydrogens (tertiary/aromatic N) is 1. The number of rotatable bonds is 3. The summed E-state index contributed by atoms with van der Waals surface area (Å²) in [6, 6.07) is 10.1. The van der Waals surface area contributed by atoms with Crippen LogP contribution in [0, 0.1) is 5.82 Å².